The Morgan fingerprint density at radius 3 is 2.59 bits per heavy atom. The second-order valence-corrected chi connectivity index (χ2v) is 8.58. The number of carbonyl (C=O) groups excluding carboxylic acids is 2. The van der Waals surface area contributed by atoms with Crippen LogP contribution in [-0.2, 0) is 4.79 Å². The molecule has 1 N–H and O–H groups in total. The highest BCUT2D eigenvalue weighted by Crippen LogP contribution is 2.37. The molecule has 3 aromatic rings. The lowest BCUT2D eigenvalue weighted by atomic mass is 10.1. The van der Waals surface area contributed by atoms with E-state index in [1.807, 2.05) is 31.2 Å². The van der Waals surface area contributed by atoms with Crippen molar-refractivity contribution in [1.29, 1.82) is 0 Å². The van der Waals surface area contributed by atoms with Gasteiger partial charge in [0.25, 0.3) is 11.6 Å². The Kier molecular flexibility index (Phi) is 6.41. The molecule has 11 nitrogen and oxygen atoms in total. The van der Waals surface area contributed by atoms with E-state index in [-0.39, 0.29) is 40.4 Å². The minimum atomic E-state index is -0.737. The van der Waals surface area contributed by atoms with Crippen LogP contribution in [0.4, 0.5) is 16.5 Å². The highest BCUT2D eigenvalue weighted by molar-refractivity contribution is 7.15. The van der Waals surface area contributed by atoms with Crippen LogP contribution in [0.25, 0.3) is 0 Å². The molecule has 12 heteroatoms. The second-order valence-electron chi connectivity index (χ2n) is 7.57. The van der Waals surface area contributed by atoms with Gasteiger partial charge < -0.3 is 14.4 Å². The molecule has 0 saturated carbocycles. The normalized spacial score (nSPS) is 15.3. The monoisotopic (exact) mass is 483 g/mol. The van der Waals surface area contributed by atoms with Crippen molar-refractivity contribution in [2.75, 3.05) is 31.0 Å². The first-order valence-electron chi connectivity index (χ1n) is 10.2. The van der Waals surface area contributed by atoms with Crippen molar-refractivity contribution in [1.82, 2.24) is 10.2 Å². The Morgan fingerprint density at radius 2 is 1.91 bits per heavy atom. The molecule has 34 heavy (non-hydrogen) atoms. The number of para-hydroxylation sites is 1. The zero-order valence-electron chi connectivity index (χ0n) is 18.6. The minimum Gasteiger partial charge on any atom is -0.493 e. The number of hydrogen-bond donors (Lipinski definition) is 1. The summed E-state index contributed by atoms with van der Waals surface area (Å²) in [5.41, 5.74) is 1.21. The van der Waals surface area contributed by atoms with E-state index < -0.39 is 16.5 Å². The molecule has 1 atom stereocenters. The van der Waals surface area contributed by atoms with Gasteiger partial charge in [-0.1, -0.05) is 29.5 Å². The van der Waals surface area contributed by atoms with Crippen LogP contribution >= 0.6 is 11.3 Å². The Morgan fingerprint density at radius 1 is 1.21 bits per heavy atom. The number of aryl methyl sites for hydroxylation is 1. The van der Waals surface area contributed by atoms with Gasteiger partial charge in [-0.3, -0.25) is 25.0 Å². The van der Waals surface area contributed by atoms with Crippen molar-refractivity contribution in [3.63, 3.8) is 0 Å². The topological polar surface area (TPSA) is 137 Å². The molecule has 1 aromatic heterocycles. The van der Waals surface area contributed by atoms with E-state index in [4.69, 9.17) is 9.47 Å². The minimum absolute atomic E-state index is 0.0129. The summed E-state index contributed by atoms with van der Waals surface area (Å²) in [6, 6.07) is 10.0. The van der Waals surface area contributed by atoms with Crippen LogP contribution in [0.5, 0.6) is 11.5 Å². The van der Waals surface area contributed by atoms with E-state index in [1.54, 1.807) is 4.90 Å². The maximum Gasteiger partial charge on any atom is 0.286 e. The molecule has 2 aromatic carbocycles. The van der Waals surface area contributed by atoms with Crippen LogP contribution in [0.15, 0.2) is 36.4 Å². The smallest absolute Gasteiger partial charge is 0.286 e. The van der Waals surface area contributed by atoms with Gasteiger partial charge in [0.05, 0.1) is 25.2 Å². The maximum atomic E-state index is 12.8. The lowest BCUT2D eigenvalue weighted by molar-refractivity contribution is -0.385. The fourth-order valence-corrected chi connectivity index (χ4v) is 4.62. The summed E-state index contributed by atoms with van der Waals surface area (Å²) in [6.45, 7) is 2.40. The number of methoxy groups -OCH3 is 2. The molecule has 0 aliphatic carbocycles. The molecule has 4 rings (SSSR count). The Labute approximate surface area is 198 Å². The lowest BCUT2D eigenvalue weighted by Gasteiger charge is -2.18. The highest BCUT2D eigenvalue weighted by Gasteiger charge is 2.34. The molecule has 1 aliphatic rings. The summed E-state index contributed by atoms with van der Waals surface area (Å²) in [5, 5.41) is 23.0. The highest BCUT2D eigenvalue weighted by atomic mass is 32.1. The predicted molar refractivity (Wildman–Crippen MR) is 125 cm³/mol. The quantitative estimate of drug-likeness (QED) is 0.398. The largest absolute Gasteiger partial charge is 0.493 e. The van der Waals surface area contributed by atoms with E-state index in [0.717, 1.165) is 28.7 Å². The zero-order chi connectivity index (χ0) is 24.4. The van der Waals surface area contributed by atoms with Gasteiger partial charge in [-0.05, 0) is 18.6 Å². The van der Waals surface area contributed by atoms with Crippen molar-refractivity contribution in [2.24, 2.45) is 0 Å². The van der Waals surface area contributed by atoms with E-state index in [1.165, 1.54) is 20.3 Å². The number of anilines is 2. The third kappa shape index (κ3) is 4.39. The summed E-state index contributed by atoms with van der Waals surface area (Å²) >= 11 is 1.13. The average molecular weight is 484 g/mol. The predicted octanol–water partition coefficient (Wildman–Crippen LogP) is 3.54. The number of nitro groups is 1. The molecular formula is C22H21N5O6S. The van der Waals surface area contributed by atoms with Gasteiger partial charge in [0.15, 0.2) is 11.5 Å². The fourth-order valence-electron chi connectivity index (χ4n) is 3.79. The van der Waals surface area contributed by atoms with Crippen molar-refractivity contribution in [3.05, 3.63) is 62.6 Å². The van der Waals surface area contributed by atoms with Crippen molar-refractivity contribution in [3.8, 4) is 11.5 Å². The van der Waals surface area contributed by atoms with Gasteiger partial charge in [0.1, 0.15) is 10.6 Å². The second kappa shape index (κ2) is 9.43. The van der Waals surface area contributed by atoms with E-state index in [0.29, 0.717) is 11.6 Å². The molecule has 1 fully saturated rings. The van der Waals surface area contributed by atoms with Crippen LogP contribution in [0, 0.1) is 17.0 Å². The number of nitrogens with one attached hydrogen (secondary N) is 1. The third-order valence-electron chi connectivity index (χ3n) is 5.48. The first-order chi connectivity index (χ1) is 16.3. The van der Waals surface area contributed by atoms with Crippen LogP contribution in [0.3, 0.4) is 0 Å². The standard InChI is InChI=1S/C22H21N5O6S/c1-12-6-4-5-7-15(12)26-11-13(8-19(26)28)21-24-25-22(34-21)23-20(29)14-9-17(32-2)18(33-3)10-16(14)27(30)31/h4-7,9-10,13H,8,11H2,1-3H3,(H,23,25,29). The molecule has 2 heterocycles. The summed E-state index contributed by atoms with van der Waals surface area (Å²) in [5.74, 6) is -0.615. The Balaban J connectivity index is 1.53. The number of nitrogens with zero attached hydrogens (tertiary/aromatic N) is 4. The van der Waals surface area contributed by atoms with Crippen molar-refractivity contribution < 1.29 is 24.0 Å². The molecule has 176 valence electrons. The van der Waals surface area contributed by atoms with Gasteiger partial charge in [0, 0.05) is 30.6 Å². The van der Waals surface area contributed by atoms with Crippen LogP contribution in [-0.4, -0.2) is 47.7 Å². The SMILES string of the molecule is COc1cc(C(=O)Nc2nnc(C3CC(=O)N(c4ccccc4C)C3)s2)c([N+](=O)[O-])cc1OC. The van der Waals surface area contributed by atoms with Gasteiger partial charge in [-0.2, -0.15) is 0 Å². The number of hydrogen-bond acceptors (Lipinski definition) is 9. The number of nitro benzene ring substituents is 1. The lowest BCUT2D eigenvalue weighted by Crippen LogP contribution is -2.25. The molecule has 1 saturated heterocycles. The first kappa shape index (κ1) is 23.1. The van der Waals surface area contributed by atoms with E-state index in [9.17, 15) is 19.7 Å². The van der Waals surface area contributed by atoms with E-state index >= 15 is 0 Å². The third-order valence-corrected chi connectivity index (χ3v) is 6.49. The summed E-state index contributed by atoms with van der Waals surface area (Å²) in [6.07, 6.45) is 0.276. The van der Waals surface area contributed by atoms with Gasteiger partial charge in [-0.25, -0.2) is 0 Å². The molecule has 1 aliphatic heterocycles. The summed E-state index contributed by atoms with van der Waals surface area (Å²) < 4.78 is 10.2. The van der Waals surface area contributed by atoms with E-state index in [2.05, 4.69) is 15.5 Å². The Hall–Kier alpha value is -4.06. The van der Waals surface area contributed by atoms with Gasteiger partial charge in [0.2, 0.25) is 11.0 Å². The van der Waals surface area contributed by atoms with Gasteiger partial charge in [-0.15, -0.1) is 10.2 Å². The molecule has 0 spiro atoms. The average Bonchev–Trinajstić information content (AvgIpc) is 3.44. The zero-order valence-corrected chi connectivity index (χ0v) is 19.4. The maximum absolute atomic E-state index is 12.8. The Bertz CT molecular complexity index is 1280. The number of carbonyl (C=O) groups is 2. The molecule has 0 bridgehead atoms. The van der Waals surface area contributed by atoms with Crippen LogP contribution in [0.2, 0.25) is 0 Å². The number of benzene rings is 2. The van der Waals surface area contributed by atoms with Crippen LogP contribution in [0.1, 0.15) is 33.3 Å². The molecular weight excluding hydrogens is 462 g/mol. The number of aromatic nitrogens is 2. The molecule has 0 radical (unpaired) electrons. The summed E-state index contributed by atoms with van der Waals surface area (Å²) in [7, 11) is 2.71. The molecule has 1 unspecified atom stereocenters. The van der Waals surface area contributed by atoms with Gasteiger partial charge >= 0.3 is 0 Å². The fraction of sp³-hybridized carbons (Fsp3) is 0.273. The first-order valence-corrected chi connectivity index (χ1v) is 11.0. The van der Waals surface area contributed by atoms with Crippen molar-refractivity contribution in [2.45, 2.75) is 19.3 Å². The molecule has 2 amide bonds. The number of rotatable bonds is 7. The number of amides is 2. The summed E-state index contributed by atoms with van der Waals surface area (Å²) in [4.78, 5) is 38.0. The number of ether oxygens (including phenoxy) is 2. The van der Waals surface area contributed by atoms with Crippen LogP contribution < -0.4 is 19.7 Å². The van der Waals surface area contributed by atoms with Crippen molar-refractivity contribution >= 4 is 39.7 Å².